The number of nitrogens with one attached hydrogen (secondary N) is 1. The predicted molar refractivity (Wildman–Crippen MR) is 93.9 cm³/mol. The van der Waals surface area contributed by atoms with Crippen molar-refractivity contribution in [3.8, 4) is 0 Å². The number of pyridine rings is 1. The molecule has 1 atom stereocenters. The number of halogens is 2. The molecule has 0 saturated carbocycles. The van der Waals surface area contributed by atoms with Gasteiger partial charge in [0, 0.05) is 24.7 Å². The lowest BCUT2D eigenvalue weighted by Gasteiger charge is -2.18. The first kappa shape index (κ1) is 18.0. The number of rotatable bonds is 3. The van der Waals surface area contributed by atoms with Gasteiger partial charge in [0.1, 0.15) is 11.6 Å². The summed E-state index contributed by atoms with van der Waals surface area (Å²) in [4.78, 5) is 30.3. The Bertz CT molecular complexity index is 875. The Balaban J connectivity index is 1.77. The van der Waals surface area contributed by atoms with Gasteiger partial charge in [-0.1, -0.05) is 0 Å². The summed E-state index contributed by atoms with van der Waals surface area (Å²) >= 11 is 0. The molecule has 0 unspecified atom stereocenters. The minimum atomic E-state index is -0.825. The van der Waals surface area contributed by atoms with Crippen molar-refractivity contribution < 1.29 is 18.4 Å². The summed E-state index contributed by atoms with van der Waals surface area (Å²) in [7, 11) is 0. The quantitative estimate of drug-likeness (QED) is 0.915. The van der Waals surface area contributed by atoms with Gasteiger partial charge in [-0.3, -0.25) is 14.6 Å². The molecule has 2 aromatic rings. The van der Waals surface area contributed by atoms with E-state index in [0.717, 1.165) is 23.4 Å². The van der Waals surface area contributed by atoms with Crippen LogP contribution < -0.4 is 10.2 Å². The van der Waals surface area contributed by atoms with Crippen LogP contribution >= 0.6 is 0 Å². The maximum absolute atomic E-state index is 14.0. The van der Waals surface area contributed by atoms with Crippen molar-refractivity contribution in [2.24, 2.45) is 5.92 Å². The van der Waals surface area contributed by atoms with Crippen LogP contribution in [0.25, 0.3) is 0 Å². The molecule has 0 aliphatic carbocycles. The predicted octanol–water partition coefficient (Wildman–Crippen LogP) is 3.28. The lowest BCUT2D eigenvalue weighted by molar-refractivity contribution is -0.122. The molecule has 26 heavy (non-hydrogen) atoms. The molecule has 5 nitrogen and oxygen atoms in total. The van der Waals surface area contributed by atoms with Crippen LogP contribution in [0.3, 0.4) is 0 Å². The molecule has 1 aliphatic rings. The van der Waals surface area contributed by atoms with Gasteiger partial charge < -0.3 is 10.2 Å². The molecule has 7 heteroatoms. The van der Waals surface area contributed by atoms with E-state index in [1.807, 2.05) is 19.9 Å². The number of aromatic nitrogens is 1. The normalized spacial score (nSPS) is 16.9. The van der Waals surface area contributed by atoms with E-state index in [2.05, 4.69) is 10.3 Å². The minimum Gasteiger partial charge on any atom is -0.324 e. The SMILES string of the molecule is Cc1cc(C)c(NC(=O)[C@H]2CC(=O)N(c3ccc(F)cc3F)C2)c(C)n1. The van der Waals surface area contributed by atoms with Crippen LogP contribution in [0.1, 0.15) is 23.4 Å². The van der Waals surface area contributed by atoms with E-state index < -0.39 is 17.6 Å². The molecule has 136 valence electrons. The van der Waals surface area contributed by atoms with E-state index in [9.17, 15) is 18.4 Å². The highest BCUT2D eigenvalue weighted by Gasteiger charge is 2.36. The topological polar surface area (TPSA) is 62.3 Å². The van der Waals surface area contributed by atoms with Crippen LogP contribution in [0, 0.1) is 38.3 Å². The molecule has 1 fully saturated rings. The molecule has 2 amide bonds. The third-order valence-corrected chi connectivity index (χ3v) is 4.47. The lowest BCUT2D eigenvalue weighted by atomic mass is 10.1. The fraction of sp³-hybridized carbons (Fsp3) is 0.316. The van der Waals surface area contributed by atoms with Crippen molar-refractivity contribution in [3.05, 3.63) is 52.9 Å². The molecule has 3 rings (SSSR count). The van der Waals surface area contributed by atoms with Gasteiger partial charge in [0.25, 0.3) is 0 Å². The van der Waals surface area contributed by atoms with E-state index >= 15 is 0 Å². The number of benzene rings is 1. The first-order valence-corrected chi connectivity index (χ1v) is 8.27. The number of hydrogen-bond donors (Lipinski definition) is 1. The minimum absolute atomic E-state index is 0.0175. The first-order valence-electron chi connectivity index (χ1n) is 8.27. The number of amides is 2. The lowest BCUT2D eigenvalue weighted by Crippen LogP contribution is -2.29. The highest BCUT2D eigenvalue weighted by atomic mass is 19.1. The maximum Gasteiger partial charge on any atom is 0.229 e. The summed E-state index contributed by atoms with van der Waals surface area (Å²) in [6, 6.07) is 4.88. The fourth-order valence-corrected chi connectivity index (χ4v) is 3.25. The molecule has 1 aromatic carbocycles. The summed E-state index contributed by atoms with van der Waals surface area (Å²) in [5, 5.41) is 2.83. The monoisotopic (exact) mass is 359 g/mol. The van der Waals surface area contributed by atoms with E-state index in [1.54, 1.807) is 6.92 Å². The third kappa shape index (κ3) is 3.42. The highest BCUT2D eigenvalue weighted by molar-refractivity contribution is 6.03. The molecular formula is C19H19F2N3O2. The smallest absolute Gasteiger partial charge is 0.229 e. The largest absolute Gasteiger partial charge is 0.324 e. The Morgan fingerprint density at radius 3 is 2.62 bits per heavy atom. The van der Waals surface area contributed by atoms with Crippen LogP contribution in [-0.4, -0.2) is 23.3 Å². The molecule has 0 bridgehead atoms. The zero-order valence-electron chi connectivity index (χ0n) is 14.8. The van der Waals surface area contributed by atoms with Gasteiger partial charge in [-0.25, -0.2) is 8.78 Å². The molecule has 0 radical (unpaired) electrons. The van der Waals surface area contributed by atoms with Crippen LogP contribution in [0.2, 0.25) is 0 Å². The number of aryl methyl sites for hydroxylation is 3. The van der Waals surface area contributed by atoms with Gasteiger partial charge in [-0.2, -0.15) is 0 Å². The van der Waals surface area contributed by atoms with Crippen LogP contribution in [0.4, 0.5) is 20.2 Å². The number of carbonyl (C=O) groups excluding carboxylic acids is 2. The Morgan fingerprint density at radius 2 is 1.96 bits per heavy atom. The van der Waals surface area contributed by atoms with E-state index in [4.69, 9.17) is 0 Å². The Morgan fingerprint density at radius 1 is 1.23 bits per heavy atom. The first-order chi connectivity index (χ1) is 12.3. The van der Waals surface area contributed by atoms with Crippen molar-refractivity contribution in [3.63, 3.8) is 0 Å². The molecular weight excluding hydrogens is 340 g/mol. The van der Waals surface area contributed by atoms with Gasteiger partial charge in [0.15, 0.2) is 0 Å². The average molecular weight is 359 g/mol. The second kappa shape index (κ2) is 6.82. The molecule has 0 spiro atoms. The average Bonchev–Trinajstić information content (AvgIpc) is 2.92. The third-order valence-electron chi connectivity index (χ3n) is 4.47. The zero-order valence-corrected chi connectivity index (χ0v) is 14.8. The highest BCUT2D eigenvalue weighted by Crippen LogP contribution is 2.29. The van der Waals surface area contributed by atoms with Crippen LogP contribution in [-0.2, 0) is 9.59 Å². The Labute approximate surface area is 150 Å². The van der Waals surface area contributed by atoms with Crippen LogP contribution in [0.15, 0.2) is 24.3 Å². The number of hydrogen-bond acceptors (Lipinski definition) is 3. The van der Waals surface area contributed by atoms with Crippen molar-refractivity contribution in [1.82, 2.24) is 4.98 Å². The second-order valence-electron chi connectivity index (χ2n) is 6.53. The molecule has 1 saturated heterocycles. The van der Waals surface area contributed by atoms with Crippen LogP contribution in [0.5, 0.6) is 0 Å². The Hall–Kier alpha value is -2.83. The van der Waals surface area contributed by atoms with Crippen molar-refractivity contribution in [2.45, 2.75) is 27.2 Å². The van der Waals surface area contributed by atoms with Gasteiger partial charge in [-0.15, -0.1) is 0 Å². The molecule has 1 aliphatic heterocycles. The summed E-state index contributed by atoms with van der Waals surface area (Å²) in [6.07, 6.45) is -0.0277. The number of anilines is 2. The van der Waals surface area contributed by atoms with Gasteiger partial charge in [0.05, 0.1) is 23.0 Å². The van der Waals surface area contributed by atoms with Gasteiger partial charge in [-0.05, 0) is 44.5 Å². The van der Waals surface area contributed by atoms with Crippen molar-refractivity contribution in [1.29, 1.82) is 0 Å². The van der Waals surface area contributed by atoms with Crippen molar-refractivity contribution in [2.75, 3.05) is 16.8 Å². The number of nitrogens with zero attached hydrogens (tertiary/aromatic N) is 2. The molecule has 1 aromatic heterocycles. The van der Waals surface area contributed by atoms with E-state index in [-0.39, 0.29) is 30.5 Å². The summed E-state index contributed by atoms with van der Waals surface area (Å²) in [6.45, 7) is 5.59. The Kier molecular flexibility index (Phi) is 4.71. The fourth-order valence-electron chi connectivity index (χ4n) is 3.25. The van der Waals surface area contributed by atoms with Gasteiger partial charge >= 0.3 is 0 Å². The van der Waals surface area contributed by atoms with E-state index in [0.29, 0.717) is 11.4 Å². The maximum atomic E-state index is 14.0. The van der Waals surface area contributed by atoms with E-state index in [1.165, 1.54) is 11.0 Å². The standard InChI is InChI=1S/C19H19F2N3O2/c1-10-6-11(2)22-12(3)18(10)23-19(26)13-7-17(25)24(9-13)16-5-4-14(20)8-15(16)21/h4-6,8,13H,7,9H2,1-3H3,(H,23,26)/t13-/m0/s1. The molecule has 2 heterocycles. The van der Waals surface area contributed by atoms with Gasteiger partial charge in [0.2, 0.25) is 11.8 Å². The van der Waals surface area contributed by atoms with Crippen molar-refractivity contribution >= 4 is 23.2 Å². The summed E-state index contributed by atoms with van der Waals surface area (Å²) in [5.74, 6) is -2.85. The zero-order chi connectivity index (χ0) is 19.0. The molecule has 1 N–H and O–H groups in total. The second-order valence-corrected chi connectivity index (χ2v) is 6.53. The summed E-state index contributed by atoms with van der Waals surface area (Å²) < 4.78 is 27.0. The number of carbonyl (C=O) groups is 2. The summed E-state index contributed by atoms with van der Waals surface area (Å²) in [5.41, 5.74) is 3.04.